The standard InChI is InChI=1S/C21H24Cl2N2.C4H10O.C2H4O/c1-5-16-12(2)20-21-18(17(16)14-6-8-15(22)9-7-14)19(23)13(3)25(21)11-10-24(20)4;1-4(2,3)5;1-2-3/h6-9,13,19H,5,10-11H2,1-4H3;5H,1-3H3;2-3H,1H2. The smallest absolute Gasteiger partial charge is 0.0812 e. The van der Waals surface area contributed by atoms with E-state index < -0.39 is 5.60 Å². The maximum atomic E-state index is 8.52. The van der Waals surface area contributed by atoms with Crippen molar-refractivity contribution in [2.45, 2.75) is 65.0 Å². The fraction of sp³-hybridized carbons (Fsp3) is 0.481. The number of hydrogen-bond acceptors (Lipinski definition) is 4. The van der Waals surface area contributed by atoms with Gasteiger partial charge in [-0.15, -0.1) is 11.6 Å². The van der Waals surface area contributed by atoms with E-state index in [1.807, 2.05) is 12.1 Å². The highest BCUT2D eigenvalue weighted by Crippen LogP contribution is 2.56. The predicted octanol–water partition coefficient (Wildman–Crippen LogP) is 7.28. The van der Waals surface area contributed by atoms with Gasteiger partial charge in [-0.3, -0.25) is 0 Å². The molecule has 2 aromatic carbocycles. The van der Waals surface area contributed by atoms with Crippen LogP contribution in [0.3, 0.4) is 0 Å². The van der Waals surface area contributed by atoms with Crippen LogP contribution >= 0.6 is 23.2 Å². The Morgan fingerprint density at radius 1 is 1.15 bits per heavy atom. The monoisotopic (exact) mass is 492 g/mol. The number of hydrogen-bond donors (Lipinski definition) is 2. The molecule has 0 saturated heterocycles. The van der Waals surface area contributed by atoms with E-state index in [-0.39, 0.29) is 5.38 Å². The molecule has 2 atom stereocenters. The lowest BCUT2D eigenvalue weighted by molar-refractivity contribution is 0.102. The molecular weight excluding hydrogens is 455 g/mol. The van der Waals surface area contributed by atoms with Crippen molar-refractivity contribution < 1.29 is 10.2 Å². The first-order chi connectivity index (χ1) is 15.4. The highest BCUT2D eigenvalue weighted by atomic mass is 35.5. The summed E-state index contributed by atoms with van der Waals surface area (Å²) in [4.78, 5) is 4.91. The van der Waals surface area contributed by atoms with Gasteiger partial charge in [0.2, 0.25) is 0 Å². The molecule has 0 aliphatic carbocycles. The predicted molar refractivity (Wildman–Crippen MR) is 144 cm³/mol. The molecule has 2 unspecified atom stereocenters. The number of anilines is 2. The fourth-order valence-corrected chi connectivity index (χ4v) is 5.09. The maximum Gasteiger partial charge on any atom is 0.0812 e. The quantitative estimate of drug-likeness (QED) is 0.341. The summed E-state index contributed by atoms with van der Waals surface area (Å²) < 4.78 is 0. The molecule has 33 heavy (non-hydrogen) atoms. The Labute approximate surface area is 209 Å². The molecule has 0 saturated carbocycles. The van der Waals surface area contributed by atoms with Crippen molar-refractivity contribution in [1.82, 2.24) is 0 Å². The highest BCUT2D eigenvalue weighted by molar-refractivity contribution is 6.30. The van der Waals surface area contributed by atoms with Crippen LogP contribution in [0.5, 0.6) is 0 Å². The average molecular weight is 494 g/mol. The third kappa shape index (κ3) is 5.98. The number of rotatable bonds is 2. The van der Waals surface area contributed by atoms with Crippen LogP contribution in [0.2, 0.25) is 5.02 Å². The van der Waals surface area contributed by atoms with Gasteiger partial charge >= 0.3 is 0 Å². The largest absolute Gasteiger partial charge is 0.516 e. The van der Waals surface area contributed by atoms with Gasteiger partial charge in [-0.25, -0.2) is 0 Å². The van der Waals surface area contributed by atoms with Crippen molar-refractivity contribution in [3.8, 4) is 11.1 Å². The molecule has 4 nitrogen and oxygen atoms in total. The molecule has 2 heterocycles. The molecular formula is C27H38Cl2N2O2. The van der Waals surface area contributed by atoms with E-state index in [0.29, 0.717) is 6.04 Å². The second-order valence-corrected chi connectivity index (χ2v) is 10.5. The van der Waals surface area contributed by atoms with E-state index in [9.17, 15) is 0 Å². The lowest BCUT2D eigenvalue weighted by atomic mass is 9.86. The molecule has 0 aromatic heterocycles. The van der Waals surface area contributed by atoms with Crippen LogP contribution in [-0.2, 0) is 6.42 Å². The van der Waals surface area contributed by atoms with Crippen LogP contribution in [-0.4, -0.2) is 42.0 Å². The number of likely N-dealkylation sites (N-methyl/N-ethyl adjacent to an activating group) is 1. The summed E-state index contributed by atoms with van der Waals surface area (Å²) in [5.74, 6) is 0. The minimum absolute atomic E-state index is 0.0110. The van der Waals surface area contributed by atoms with Gasteiger partial charge in [-0.2, -0.15) is 0 Å². The fourth-order valence-electron chi connectivity index (χ4n) is 4.62. The van der Waals surface area contributed by atoms with E-state index in [1.54, 1.807) is 20.8 Å². The van der Waals surface area contributed by atoms with Crippen LogP contribution in [0.15, 0.2) is 37.1 Å². The second-order valence-electron chi connectivity index (χ2n) is 9.56. The van der Waals surface area contributed by atoms with Crippen molar-refractivity contribution in [3.05, 3.63) is 58.8 Å². The van der Waals surface area contributed by atoms with Crippen LogP contribution < -0.4 is 9.80 Å². The van der Waals surface area contributed by atoms with Crippen molar-refractivity contribution in [2.24, 2.45) is 0 Å². The Balaban J connectivity index is 0.000000420. The summed E-state index contributed by atoms with van der Waals surface area (Å²) in [6, 6.07) is 8.53. The second kappa shape index (κ2) is 11.0. The molecule has 2 aliphatic heterocycles. The van der Waals surface area contributed by atoms with Gasteiger partial charge in [0.25, 0.3) is 0 Å². The van der Waals surface area contributed by atoms with Gasteiger partial charge in [0.05, 0.1) is 28.6 Å². The summed E-state index contributed by atoms with van der Waals surface area (Å²) >= 11 is 13.1. The highest BCUT2D eigenvalue weighted by Gasteiger charge is 2.42. The van der Waals surface area contributed by atoms with Crippen molar-refractivity contribution in [1.29, 1.82) is 0 Å². The van der Waals surface area contributed by atoms with Crippen LogP contribution in [0.25, 0.3) is 11.1 Å². The molecule has 182 valence electrons. The zero-order chi connectivity index (χ0) is 25.1. The van der Waals surface area contributed by atoms with Gasteiger partial charge in [0, 0.05) is 36.8 Å². The lowest BCUT2D eigenvalue weighted by Crippen LogP contribution is -2.42. The van der Waals surface area contributed by atoms with E-state index >= 15 is 0 Å². The molecule has 0 fully saturated rings. The molecule has 2 N–H and O–H groups in total. The number of alkyl halides is 1. The van der Waals surface area contributed by atoms with Crippen molar-refractivity contribution in [2.75, 3.05) is 29.9 Å². The van der Waals surface area contributed by atoms with Gasteiger partial charge in [-0.05, 0) is 75.4 Å². The third-order valence-corrected chi connectivity index (χ3v) is 6.72. The molecule has 4 rings (SSSR count). The van der Waals surface area contributed by atoms with Crippen molar-refractivity contribution in [3.63, 3.8) is 0 Å². The molecule has 0 bridgehead atoms. The summed E-state index contributed by atoms with van der Waals surface area (Å²) in [5, 5.41) is 16.6. The Hall–Kier alpha value is -1.88. The Kier molecular flexibility index (Phi) is 9.15. The zero-order valence-corrected chi connectivity index (χ0v) is 22.4. The number of benzene rings is 2. The maximum absolute atomic E-state index is 8.52. The van der Waals surface area contributed by atoms with Crippen molar-refractivity contribution >= 4 is 34.6 Å². The van der Waals surface area contributed by atoms with Crippen LogP contribution in [0, 0.1) is 6.92 Å². The van der Waals surface area contributed by atoms with E-state index in [4.69, 9.17) is 33.4 Å². The minimum Gasteiger partial charge on any atom is -0.516 e. The van der Waals surface area contributed by atoms with Gasteiger partial charge < -0.3 is 20.0 Å². The number of nitrogens with zero attached hydrogens (tertiary/aromatic N) is 2. The van der Waals surface area contributed by atoms with Crippen LogP contribution in [0.4, 0.5) is 11.4 Å². The summed E-state index contributed by atoms with van der Waals surface area (Å²) in [5.41, 5.74) is 8.85. The molecule has 0 spiro atoms. The van der Waals surface area contributed by atoms with E-state index in [0.717, 1.165) is 30.8 Å². The zero-order valence-electron chi connectivity index (χ0n) is 20.9. The molecule has 2 aliphatic rings. The topological polar surface area (TPSA) is 46.9 Å². The van der Waals surface area contributed by atoms with Gasteiger partial charge in [0.15, 0.2) is 0 Å². The molecule has 6 heteroatoms. The summed E-state index contributed by atoms with van der Waals surface area (Å²) in [7, 11) is 2.20. The first-order valence-electron chi connectivity index (χ1n) is 11.4. The summed E-state index contributed by atoms with van der Waals surface area (Å²) in [6.07, 6.45) is 1.75. The first kappa shape index (κ1) is 27.4. The first-order valence-corrected chi connectivity index (χ1v) is 12.2. The third-order valence-electron chi connectivity index (χ3n) is 5.88. The molecule has 0 amide bonds. The van der Waals surface area contributed by atoms with E-state index in [1.165, 1.54) is 39.2 Å². The molecule has 2 aromatic rings. The Morgan fingerprint density at radius 3 is 2.15 bits per heavy atom. The average Bonchev–Trinajstić information content (AvgIpc) is 2.96. The summed E-state index contributed by atoms with van der Waals surface area (Å²) in [6.45, 7) is 17.0. The number of aliphatic hydroxyl groups is 2. The van der Waals surface area contributed by atoms with E-state index in [2.05, 4.69) is 56.3 Å². The van der Waals surface area contributed by atoms with Gasteiger partial charge in [-0.1, -0.05) is 37.2 Å². The Morgan fingerprint density at radius 2 is 1.67 bits per heavy atom. The molecule has 0 radical (unpaired) electrons. The van der Waals surface area contributed by atoms with Crippen LogP contribution in [0.1, 0.15) is 56.7 Å². The normalized spacial score (nSPS) is 18.6. The Bertz CT molecular complexity index is 962. The SMILES string of the molecule is C=CO.CC(C)(C)O.CCc1c(C)c2c3c(c1-c1ccc(Cl)cc1)C(Cl)C(C)N3CCN2C. The lowest BCUT2D eigenvalue weighted by Gasteiger charge is -2.38. The number of aliphatic hydroxyl groups excluding tert-OH is 1. The minimum atomic E-state index is -0.500. The number of halogens is 2. The van der Waals surface area contributed by atoms with Gasteiger partial charge in [0.1, 0.15) is 0 Å².